The molecule has 4 rings (SSSR count). The molecule has 0 saturated heterocycles. The van der Waals surface area contributed by atoms with E-state index in [9.17, 15) is 9.18 Å². The van der Waals surface area contributed by atoms with Gasteiger partial charge in [0, 0.05) is 16.0 Å². The van der Waals surface area contributed by atoms with Crippen molar-refractivity contribution >= 4 is 55.5 Å². The molecule has 0 aromatic heterocycles. The molecule has 0 radical (unpaired) electrons. The molecule has 2 nitrogen and oxygen atoms in total. The Kier molecular flexibility index (Phi) is 5.71. The third-order valence-electron chi connectivity index (χ3n) is 4.22. The number of hydrogen-bond acceptors (Lipinski definition) is 3. The zero-order valence-electron chi connectivity index (χ0n) is 14.4. The summed E-state index contributed by atoms with van der Waals surface area (Å²) in [5, 5.41) is 0. The number of carbonyl (C=O) groups is 1. The topological polar surface area (TPSA) is 26.3 Å². The number of halogens is 3. The molecule has 3 aromatic rings. The highest BCUT2D eigenvalue weighted by Crippen LogP contribution is 2.42. The van der Waals surface area contributed by atoms with Gasteiger partial charge in [-0.05, 0) is 73.8 Å². The van der Waals surface area contributed by atoms with Gasteiger partial charge >= 0.3 is 0 Å². The van der Waals surface area contributed by atoms with Gasteiger partial charge in [0.15, 0.2) is 0 Å². The van der Waals surface area contributed by atoms with Gasteiger partial charge in [0.2, 0.25) is 5.78 Å². The molecule has 0 aliphatic carbocycles. The second kappa shape index (κ2) is 8.23. The predicted octanol–water partition coefficient (Wildman–Crippen LogP) is 7.26. The molecule has 28 heavy (non-hydrogen) atoms. The lowest BCUT2D eigenvalue weighted by atomic mass is 10.1. The second-order valence-electron chi connectivity index (χ2n) is 6.13. The van der Waals surface area contributed by atoms with E-state index in [0.29, 0.717) is 16.2 Å². The number of carbonyl (C=O) groups excluding carboxylic acids is 1. The Labute approximate surface area is 183 Å². The molecule has 0 bridgehead atoms. The van der Waals surface area contributed by atoms with Crippen LogP contribution in [0.25, 0.3) is 6.08 Å². The molecule has 3 aromatic carbocycles. The number of rotatable bonds is 4. The quantitative estimate of drug-likeness (QED) is 0.339. The first-order chi connectivity index (χ1) is 13.5. The van der Waals surface area contributed by atoms with Crippen molar-refractivity contribution in [2.75, 3.05) is 0 Å². The number of fused-ring (bicyclic) bond motifs is 1. The summed E-state index contributed by atoms with van der Waals surface area (Å²) in [7, 11) is 0. The number of benzene rings is 3. The fourth-order valence-corrected chi connectivity index (χ4v) is 5.36. The molecule has 140 valence electrons. The van der Waals surface area contributed by atoms with Crippen LogP contribution in [0, 0.1) is 5.82 Å². The SMILES string of the molecule is O=C1/C(=C/c2cc(Br)c(OCc3ccccc3F)c(Br)c2)Sc2ccccc21. The third-order valence-corrected chi connectivity index (χ3v) is 6.50. The summed E-state index contributed by atoms with van der Waals surface area (Å²) in [6.45, 7) is 0.119. The number of ketones is 1. The van der Waals surface area contributed by atoms with Gasteiger partial charge in [0.1, 0.15) is 18.2 Å². The standard InChI is InChI=1S/C22H13Br2FO2S/c23-16-9-13(11-20-21(26)15-6-2-4-8-19(15)28-20)10-17(24)22(16)27-12-14-5-1-3-7-18(14)25/h1-11H,12H2/b20-11-. The second-order valence-corrected chi connectivity index (χ2v) is 8.92. The third kappa shape index (κ3) is 3.95. The van der Waals surface area contributed by atoms with Crippen LogP contribution in [0.15, 0.2) is 79.4 Å². The highest BCUT2D eigenvalue weighted by atomic mass is 79.9. The van der Waals surface area contributed by atoms with Crippen molar-refractivity contribution in [1.82, 2.24) is 0 Å². The lowest BCUT2D eigenvalue weighted by molar-refractivity contribution is 0.104. The zero-order valence-corrected chi connectivity index (χ0v) is 18.4. The molecule has 0 spiro atoms. The minimum atomic E-state index is -0.299. The van der Waals surface area contributed by atoms with E-state index in [1.165, 1.54) is 17.8 Å². The van der Waals surface area contributed by atoms with Gasteiger partial charge < -0.3 is 4.74 Å². The van der Waals surface area contributed by atoms with Gasteiger partial charge in [-0.25, -0.2) is 4.39 Å². The van der Waals surface area contributed by atoms with Crippen LogP contribution in [0.4, 0.5) is 4.39 Å². The molecular formula is C22H13Br2FO2S. The van der Waals surface area contributed by atoms with Crippen LogP contribution in [-0.4, -0.2) is 5.78 Å². The molecule has 0 atom stereocenters. The Balaban J connectivity index is 1.57. The molecule has 1 aliphatic rings. The number of allylic oxidation sites excluding steroid dienone is 1. The lowest BCUT2D eigenvalue weighted by Gasteiger charge is -2.12. The monoisotopic (exact) mass is 518 g/mol. The highest BCUT2D eigenvalue weighted by Gasteiger charge is 2.25. The maximum atomic E-state index is 13.8. The highest BCUT2D eigenvalue weighted by molar-refractivity contribution is 9.11. The van der Waals surface area contributed by atoms with E-state index in [4.69, 9.17) is 4.74 Å². The summed E-state index contributed by atoms with van der Waals surface area (Å²) >= 11 is 8.50. The lowest BCUT2D eigenvalue weighted by Crippen LogP contribution is -2.00. The molecule has 0 fully saturated rings. The van der Waals surface area contributed by atoms with Crippen molar-refractivity contribution in [1.29, 1.82) is 0 Å². The average molecular weight is 520 g/mol. The van der Waals surface area contributed by atoms with Crippen LogP contribution in [-0.2, 0) is 6.61 Å². The van der Waals surface area contributed by atoms with E-state index in [1.54, 1.807) is 18.2 Å². The normalized spacial score (nSPS) is 14.4. The largest absolute Gasteiger partial charge is 0.486 e. The first-order valence-electron chi connectivity index (χ1n) is 8.41. The molecule has 0 saturated carbocycles. The predicted molar refractivity (Wildman–Crippen MR) is 117 cm³/mol. The van der Waals surface area contributed by atoms with Crippen molar-refractivity contribution in [3.63, 3.8) is 0 Å². The number of ether oxygens (including phenoxy) is 1. The van der Waals surface area contributed by atoms with Crippen molar-refractivity contribution < 1.29 is 13.9 Å². The van der Waals surface area contributed by atoms with Crippen molar-refractivity contribution in [2.45, 2.75) is 11.5 Å². The molecule has 0 N–H and O–H groups in total. The fraction of sp³-hybridized carbons (Fsp3) is 0.0455. The maximum Gasteiger partial charge on any atom is 0.200 e. The van der Waals surface area contributed by atoms with Crippen LogP contribution in [0.1, 0.15) is 21.5 Å². The van der Waals surface area contributed by atoms with Crippen LogP contribution >= 0.6 is 43.6 Å². The average Bonchev–Trinajstić information content (AvgIpc) is 2.98. The first kappa shape index (κ1) is 19.4. The molecular weight excluding hydrogens is 507 g/mol. The number of hydrogen-bond donors (Lipinski definition) is 0. The van der Waals surface area contributed by atoms with Crippen LogP contribution in [0.5, 0.6) is 5.75 Å². The summed E-state index contributed by atoms with van der Waals surface area (Å²) in [5.41, 5.74) is 2.08. The van der Waals surface area contributed by atoms with E-state index < -0.39 is 0 Å². The smallest absolute Gasteiger partial charge is 0.200 e. The van der Waals surface area contributed by atoms with E-state index in [2.05, 4.69) is 31.9 Å². The number of Topliss-reactive ketones (excluding diaryl/α,β-unsaturated/α-hetero) is 1. The Morgan fingerprint density at radius 1 is 1.00 bits per heavy atom. The number of thioether (sulfide) groups is 1. The van der Waals surface area contributed by atoms with Crippen LogP contribution in [0.3, 0.4) is 0 Å². The van der Waals surface area contributed by atoms with E-state index in [-0.39, 0.29) is 18.2 Å². The van der Waals surface area contributed by atoms with E-state index >= 15 is 0 Å². The Morgan fingerprint density at radius 3 is 2.39 bits per heavy atom. The summed E-state index contributed by atoms with van der Waals surface area (Å²) in [6.07, 6.45) is 1.86. The summed E-state index contributed by atoms with van der Waals surface area (Å²) in [6, 6.07) is 17.9. The van der Waals surface area contributed by atoms with Crippen LogP contribution in [0.2, 0.25) is 0 Å². The molecule has 0 amide bonds. The van der Waals surface area contributed by atoms with Crippen molar-refractivity contribution in [2.24, 2.45) is 0 Å². The van der Waals surface area contributed by atoms with Crippen molar-refractivity contribution in [3.05, 3.63) is 97.0 Å². The summed E-state index contributed by atoms with van der Waals surface area (Å²) in [4.78, 5) is 14.2. The molecule has 1 aliphatic heterocycles. The maximum absolute atomic E-state index is 13.8. The van der Waals surface area contributed by atoms with Gasteiger partial charge in [-0.1, -0.05) is 42.1 Å². The van der Waals surface area contributed by atoms with E-state index in [1.807, 2.05) is 42.5 Å². The molecule has 6 heteroatoms. The van der Waals surface area contributed by atoms with Gasteiger partial charge in [-0.2, -0.15) is 0 Å². The Morgan fingerprint density at radius 2 is 1.68 bits per heavy atom. The minimum Gasteiger partial charge on any atom is -0.486 e. The first-order valence-corrected chi connectivity index (χ1v) is 10.8. The van der Waals surface area contributed by atoms with Gasteiger partial charge in [-0.3, -0.25) is 4.79 Å². The summed E-state index contributed by atoms with van der Waals surface area (Å²) < 4.78 is 21.0. The summed E-state index contributed by atoms with van der Waals surface area (Å²) in [5.74, 6) is 0.319. The molecule has 0 unspecified atom stereocenters. The Bertz CT molecular complexity index is 1090. The van der Waals surface area contributed by atoms with Crippen LogP contribution < -0.4 is 4.74 Å². The van der Waals surface area contributed by atoms with Crippen molar-refractivity contribution in [3.8, 4) is 5.75 Å². The molecule has 1 heterocycles. The fourth-order valence-electron chi connectivity index (χ4n) is 2.85. The zero-order chi connectivity index (χ0) is 19.7. The van der Waals surface area contributed by atoms with Gasteiger partial charge in [-0.15, -0.1) is 0 Å². The van der Waals surface area contributed by atoms with E-state index in [0.717, 1.165) is 25.0 Å². The van der Waals surface area contributed by atoms with Gasteiger partial charge in [0.05, 0.1) is 13.9 Å². The van der Waals surface area contributed by atoms with Gasteiger partial charge in [0.25, 0.3) is 0 Å². The minimum absolute atomic E-state index is 0.0349. The Hall–Kier alpha value is -1.89.